The molecule has 0 saturated carbocycles. The quantitative estimate of drug-likeness (QED) is 0.566. The van der Waals surface area contributed by atoms with Gasteiger partial charge in [-0.05, 0) is 23.6 Å². The summed E-state index contributed by atoms with van der Waals surface area (Å²) >= 11 is 0. The molecule has 0 bridgehead atoms. The van der Waals surface area contributed by atoms with Gasteiger partial charge in [0.05, 0.1) is 23.3 Å². The van der Waals surface area contributed by atoms with E-state index in [0.29, 0.717) is 5.56 Å². The maximum atomic E-state index is 13.6. The number of methoxy groups -OCH3 is 1. The van der Waals surface area contributed by atoms with E-state index in [1.165, 1.54) is 0 Å². The fraction of sp³-hybridized carbons (Fsp3) is 0.364. The third-order valence-electron chi connectivity index (χ3n) is 2.84. The average molecular weight is 258 g/mol. The van der Waals surface area contributed by atoms with Crippen LogP contribution in [0.1, 0.15) is 28.8 Å². The average Bonchev–Trinajstić information content (AvgIpc) is 2.47. The number of esters is 1. The molecular formula is C11H11FO4S. The van der Waals surface area contributed by atoms with Crippen LogP contribution in [0.4, 0.5) is 4.39 Å². The Morgan fingerprint density at radius 2 is 2.12 bits per heavy atom. The van der Waals surface area contributed by atoms with Crippen molar-refractivity contribution in [2.75, 3.05) is 12.9 Å². The summed E-state index contributed by atoms with van der Waals surface area (Å²) < 4.78 is 41.5. The summed E-state index contributed by atoms with van der Waals surface area (Å²) in [5.74, 6) is -1.93. The second kappa shape index (κ2) is 3.80. The highest BCUT2D eigenvalue weighted by atomic mass is 32.2. The van der Waals surface area contributed by atoms with Crippen molar-refractivity contribution in [3.8, 4) is 0 Å². The first-order valence-electron chi connectivity index (χ1n) is 5.01. The van der Waals surface area contributed by atoms with Gasteiger partial charge >= 0.3 is 5.97 Å². The summed E-state index contributed by atoms with van der Waals surface area (Å²) in [5, 5.41) is 0. The van der Waals surface area contributed by atoms with Crippen molar-refractivity contribution < 1.29 is 22.3 Å². The Kier molecular flexibility index (Phi) is 2.69. The molecule has 1 aromatic rings. The first kappa shape index (κ1) is 12.0. The SMILES string of the molecule is COC(=O)c1cc2c(cc1F)C(C)CS2(=O)=O. The minimum atomic E-state index is -3.41. The van der Waals surface area contributed by atoms with Gasteiger partial charge in [0.15, 0.2) is 9.84 Å². The first-order valence-corrected chi connectivity index (χ1v) is 6.66. The zero-order chi connectivity index (χ0) is 12.8. The number of benzene rings is 1. The highest BCUT2D eigenvalue weighted by molar-refractivity contribution is 7.91. The van der Waals surface area contributed by atoms with Crippen LogP contribution in [0, 0.1) is 5.82 Å². The fourth-order valence-electron chi connectivity index (χ4n) is 2.00. The van der Waals surface area contributed by atoms with Crippen molar-refractivity contribution >= 4 is 15.8 Å². The molecule has 1 aromatic carbocycles. The van der Waals surface area contributed by atoms with E-state index < -0.39 is 21.6 Å². The van der Waals surface area contributed by atoms with E-state index in [1.54, 1.807) is 6.92 Å². The molecule has 1 atom stereocenters. The number of sulfone groups is 1. The lowest BCUT2D eigenvalue weighted by Gasteiger charge is -2.06. The van der Waals surface area contributed by atoms with Crippen LogP contribution >= 0.6 is 0 Å². The van der Waals surface area contributed by atoms with Crippen LogP contribution in [-0.2, 0) is 14.6 Å². The van der Waals surface area contributed by atoms with Crippen molar-refractivity contribution in [3.05, 3.63) is 29.1 Å². The van der Waals surface area contributed by atoms with Gasteiger partial charge in [-0.15, -0.1) is 0 Å². The molecule has 0 amide bonds. The fourth-order valence-corrected chi connectivity index (χ4v) is 3.93. The van der Waals surface area contributed by atoms with E-state index in [9.17, 15) is 17.6 Å². The normalized spacial score (nSPS) is 21.0. The minimum Gasteiger partial charge on any atom is -0.465 e. The highest BCUT2D eigenvalue weighted by Crippen LogP contribution is 2.36. The maximum absolute atomic E-state index is 13.6. The smallest absolute Gasteiger partial charge is 0.340 e. The molecule has 17 heavy (non-hydrogen) atoms. The Labute approximate surface area is 98.3 Å². The van der Waals surface area contributed by atoms with Crippen LogP contribution in [-0.4, -0.2) is 27.2 Å². The number of carbonyl (C=O) groups is 1. The van der Waals surface area contributed by atoms with Gasteiger partial charge in [-0.25, -0.2) is 17.6 Å². The molecule has 2 rings (SSSR count). The second-order valence-corrected chi connectivity index (χ2v) is 6.05. The molecule has 0 N–H and O–H groups in total. The Bertz CT molecular complexity index is 592. The molecule has 6 heteroatoms. The summed E-state index contributed by atoms with van der Waals surface area (Å²) in [6.45, 7) is 1.71. The Balaban J connectivity index is 2.69. The second-order valence-electron chi connectivity index (χ2n) is 4.04. The van der Waals surface area contributed by atoms with Gasteiger partial charge in [-0.1, -0.05) is 6.92 Å². The third-order valence-corrected chi connectivity index (χ3v) is 4.80. The van der Waals surface area contributed by atoms with Gasteiger partial charge in [0.25, 0.3) is 0 Å². The molecule has 1 unspecified atom stereocenters. The Morgan fingerprint density at radius 1 is 1.47 bits per heavy atom. The number of ether oxygens (including phenoxy) is 1. The van der Waals surface area contributed by atoms with E-state index in [4.69, 9.17) is 0 Å². The number of halogens is 1. The van der Waals surface area contributed by atoms with E-state index in [2.05, 4.69) is 4.74 Å². The number of rotatable bonds is 1. The molecule has 0 spiro atoms. The maximum Gasteiger partial charge on any atom is 0.340 e. The topological polar surface area (TPSA) is 60.4 Å². The van der Waals surface area contributed by atoms with E-state index in [1.807, 2.05) is 0 Å². The predicted molar refractivity (Wildman–Crippen MR) is 58.2 cm³/mol. The van der Waals surface area contributed by atoms with Crippen molar-refractivity contribution in [2.24, 2.45) is 0 Å². The van der Waals surface area contributed by atoms with Gasteiger partial charge in [-0.2, -0.15) is 0 Å². The molecule has 1 aliphatic heterocycles. The molecule has 1 aliphatic rings. The molecule has 0 radical (unpaired) electrons. The summed E-state index contributed by atoms with van der Waals surface area (Å²) in [6.07, 6.45) is 0. The number of hydrogen-bond acceptors (Lipinski definition) is 4. The van der Waals surface area contributed by atoms with Crippen LogP contribution in [0.15, 0.2) is 17.0 Å². The zero-order valence-corrected chi connectivity index (χ0v) is 10.2. The van der Waals surface area contributed by atoms with Crippen molar-refractivity contribution in [1.82, 2.24) is 0 Å². The molecule has 4 nitrogen and oxygen atoms in total. The van der Waals surface area contributed by atoms with Crippen molar-refractivity contribution in [2.45, 2.75) is 17.7 Å². The van der Waals surface area contributed by atoms with Crippen LogP contribution in [0.2, 0.25) is 0 Å². The van der Waals surface area contributed by atoms with Gasteiger partial charge in [0.1, 0.15) is 5.82 Å². The number of carbonyl (C=O) groups excluding carboxylic acids is 1. The molecule has 0 aliphatic carbocycles. The lowest BCUT2D eigenvalue weighted by atomic mass is 10.0. The number of hydrogen-bond donors (Lipinski definition) is 0. The summed E-state index contributed by atoms with van der Waals surface area (Å²) in [7, 11) is -2.29. The van der Waals surface area contributed by atoms with E-state index in [0.717, 1.165) is 19.2 Å². The molecule has 92 valence electrons. The van der Waals surface area contributed by atoms with Gasteiger partial charge in [0.2, 0.25) is 0 Å². The Hall–Kier alpha value is -1.43. The summed E-state index contributed by atoms with van der Waals surface area (Å²) in [5.41, 5.74) is 0.0825. The van der Waals surface area contributed by atoms with Crippen molar-refractivity contribution in [3.63, 3.8) is 0 Å². The van der Waals surface area contributed by atoms with Gasteiger partial charge < -0.3 is 4.74 Å². The first-order chi connectivity index (χ1) is 7.86. The predicted octanol–water partition coefficient (Wildman–Crippen LogP) is 1.50. The van der Waals surface area contributed by atoms with Crippen LogP contribution in [0.25, 0.3) is 0 Å². The molecule has 0 fully saturated rings. The van der Waals surface area contributed by atoms with Gasteiger partial charge in [0, 0.05) is 0 Å². The zero-order valence-electron chi connectivity index (χ0n) is 9.36. The summed E-state index contributed by atoms with van der Waals surface area (Å²) in [6, 6.07) is 2.17. The van der Waals surface area contributed by atoms with Gasteiger partial charge in [-0.3, -0.25) is 0 Å². The lowest BCUT2D eigenvalue weighted by Crippen LogP contribution is -2.07. The highest BCUT2D eigenvalue weighted by Gasteiger charge is 2.34. The summed E-state index contributed by atoms with van der Waals surface area (Å²) in [4.78, 5) is 11.3. The van der Waals surface area contributed by atoms with E-state index >= 15 is 0 Å². The third kappa shape index (κ3) is 1.82. The standard InChI is InChI=1S/C11H11FO4S/c1-6-5-17(14,15)10-4-8(11(13)16-2)9(12)3-7(6)10/h3-4,6H,5H2,1-2H3. The monoisotopic (exact) mass is 258 g/mol. The van der Waals surface area contributed by atoms with Crippen LogP contribution in [0.5, 0.6) is 0 Å². The molecular weight excluding hydrogens is 247 g/mol. The molecule has 0 aromatic heterocycles. The minimum absolute atomic E-state index is 0.0341. The molecule has 0 saturated heterocycles. The van der Waals surface area contributed by atoms with Crippen LogP contribution in [0.3, 0.4) is 0 Å². The Morgan fingerprint density at radius 3 is 2.71 bits per heavy atom. The van der Waals surface area contributed by atoms with E-state index in [-0.39, 0.29) is 22.1 Å². The van der Waals surface area contributed by atoms with Crippen LogP contribution < -0.4 is 0 Å². The largest absolute Gasteiger partial charge is 0.465 e. The number of fused-ring (bicyclic) bond motifs is 1. The van der Waals surface area contributed by atoms with Crippen molar-refractivity contribution in [1.29, 1.82) is 0 Å². The molecule has 1 heterocycles. The lowest BCUT2D eigenvalue weighted by molar-refractivity contribution is 0.0595.